The zero-order valence-electron chi connectivity index (χ0n) is 12.5. The molecule has 23 heavy (non-hydrogen) atoms. The Morgan fingerprint density at radius 1 is 1.30 bits per heavy atom. The fraction of sp³-hybridized carbons (Fsp3) is 0.111. The van der Waals surface area contributed by atoms with E-state index in [2.05, 4.69) is 5.32 Å². The first-order valence-corrected chi connectivity index (χ1v) is 7.32. The molecule has 0 bridgehead atoms. The van der Waals surface area contributed by atoms with Crippen LogP contribution in [0.2, 0.25) is 5.02 Å². The molecule has 1 N–H and O–H groups in total. The molecule has 0 saturated carbocycles. The lowest BCUT2D eigenvalue weighted by atomic mass is 10.1. The van der Waals surface area contributed by atoms with Gasteiger partial charge in [-0.1, -0.05) is 41.9 Å². The van der Waals surface area contributed by atoms with E-state index in [1.165, 1.54) is 13.1 Å². The summed E-state index contributed by atoms with van der Waals surface area (Å²) in [6.45, 7) is 0.341. The number of ether oxygens (including phenoxy) is 1. The molecule has 0 spiro atoms. The molecule has 116 valence electrons. The van der Waals surface area contributed by atoms with Crippen molar-refractivity contribution in [3.05, 3.63) is 70.3 Å². The van der Waals surface area contributed by atoms with Gasteiger partial charge in [0.15, 0.2) is 0 Å². The highest BCUT2D eigenvalue weighted by atomic mass is 35.5. The van der Waals surface area contributed by atoms with Crippen LogP contribution in [-0.2, 0) is 11.4 Å². The van der Waals surface area contributed by atoms with Crippen molar-refractivity contribution in [1.29, 1.82) is 5.26 Å². The van der Waals surface area contributed by atoms with Gasteiger partial charge in [0.05, 0.1) is 0 Å². The van der Waals surface area contributed by atoms with Crippen LogP contribution in [0.5, 0.6) is 5.75 Å². The largest absolute Gasteiger partial charge is 0.489 e. The first-order chi connectivity index (χ1) is 11.1. The van der Waals surface area contributed by atoms with Crippen LogP contribution in [0.15, 0.2) is 54.1 Å². The van der Waals surface area contributed by atoms with Gasteiger partial charge in [-0.3, -0.25) is 4.79 Å². The van der Waals surface area contributed by atoms with Crippen LogP contribution in [0.25, 0.3) is 6.08 Å². The first kappa shape index (κ1) is 16.6. The molecule has 0 radical (unpaired) electrons. The Morgan fingerprint density at radius 2 is 2.09 bits per heavy atom. The molecular weight excluding hydrogens is 312 g/mol. The van der Waals surface area contributed by atoms with Crippen molar-refractivity contribution in [3.8, 4) is 11.8 Å². The SMILES string of the molecule is CNC(=O)/C(C#N)=C/c1cccc(OCc2ccccc2Cl)c1. The summed E-state index contributed by atoms with van der Waals surface area (Å²) in [5.74, 6) is 0.211. The zero-order valence-corrected chi connectivity index (χ0v) is 13.3. The molecule has 0 unspecified atom stereocenters. The number of benzene rings is 2. The predicted octanol–water partition coefficient (Wildman–Crippen LogP) is 3.57. The molecule has 5 heteroatoms. The average Bonchev–Trinajstić information content (AvgIpc) is 2.58. The molecule has 2 aromatic carbocycles. The molecule has 2 rings (SSSR count). The minimum absolute atomic E-state index is 0.0377. The first-order valence-electron chi connectivity index (χ1n) is 6.94. The number of carbonyl (C=O) groups is 1. The molecule has 1 amide bonds. The summed E-state index contributed by atoms with van der Waals surface area (Å²) >= 11 is 6.09. The van der Waals surface area contributed by atoms with Crippen molar-refractivity contribution in [2.45, 2.75) is 6.61 Å². The van der Waals surface area contributed by atoms with E-state index in [4.69, 9.17) is 21.6 Å². The molecule has 0 atom stereocenters. The second-order valence-corrected chi connectivity index (χ2v) is 5.11. The summed E-state index contributed by atoms with van der Waals surface area (Å²) in [5.41, 5.74) is 1.63. The molecule has 0 aliphatic heterocycles. The van der Waals surface area contributed by atoms with Crippen LogP contribution in [0.3, 0.4) is 0 Å². The summed E-state index contributed by atoms with van der Waals surface area (Å²) in [5, 5.41) is 12.1. The lowest BCUT2D eigenvalue weighted by molar-refractivity contribution is -0.116. The van der Waals surface area contributed by atoms with Gasteiger partial charge in [0.25, 0.3) is 5.91 Å². The number of hydrogen-bond donors (Lipinski definition) is 1. The molecule has 0 saturated heterocycles. The standard InChI is InChI=1S/C18H15ClN2O2/c1-21-18(22)15(11-20)9-13-5-4-7-16(10-13)23-12-14-6-2-3-8-17(14)19/h2-10H,12H2,1H3,(H,21,22)/b15-9+. The fourth-order valence-corrected chi connectivity index (χ4v) is 2.11. The highest BCUT2D eigenvalue weighted by molar-refractivity contribution is 6.31. The van der Waals surface area contributed by atoms with Crippen LogP contribution in [0, 0.1) is 11.3 Å². The van der Waals surface area contributed by atoms with E-state index in [-0.39, 0.29) is 5.57 Å². The molecule has 0 aliphatic carbocycles. The van der Waals surface area contributed by atoms with Gasteiger partial charge in [-0.05, 0) is 29.8 Å². The van der Waals surface area contributed by atoms with Crippen LogP contribution in [0.4, 0.5) is 0 Å². The van der Waals surface area contributed by atoms with Crippen molar-refractivity contribution in [2.24, 2.45) is 0 Å². The van der Waals surface area contributed by atoms with E-state index in [1.54, 1.807) is 24.3 Å². The van der Waals surface area contributed by atoms with Gasteiger partial charge in [-0.25, -0.2) is 0 Å². The Morgan fingerprint density at radius 3 is 2.78 bits per heavy atom. The van der Waals surface area contributed by atoms with E-state index in [0.29, 0.717) is 22.9 Å². The second-order valence-electron chi connectivity index (χ2n) is 4.70. The predicted molar refractivity (Wildman–Crippen MR) is 89.9 cm³/mol. The van der Waals surface area contributed by atoms with Gasteiger partial charge in [0, 0.05) is 17.6 Å². The minimum atomic E-state index is -0.421. The normalized spacial score (nSPS) is 10.7. The van der Waals surface area contributed by atoms with E-state index in [0.717, 1.165) is 5.56 Å². The number of nitrogens with zero attached hydrogens (tertiary/aromatic N) is 1. The monoisotopic (exact) mass is 326 g/mol. The highest BCUT2D eigenvalue weighted by Gasteiger charge is 2.06. The lowest BCUT2D eigenvalue weighted by Gasteiger charge is -2.08. The fourth-order valence-electron chi connectivity index (χ4n) is 1.92. The third-order valence-electron chi connectivity index (χ3n) is 3.11. The second kappa shape index (κ2) is 8.02. The van der Waals surface area contributed by atoms with Crippen LogP contribution >= 0.6 is 11.6 Å². The van der Waals surface area contributed by atoms with E-state index < -0.39 is 5.91 Å². The van der Waals surface area contributed by atoms with Crippen molar-refractivity contribution in [3.63, 3.8) is 0 Å². The smallest absolute Gasteiger partial charge is 0.261 e. The highest BCUT2D eigenvalue weighted by Crippen LogP contribution is 2.20. The molecule has 0 aromatic heterocycles. The topological polar surface area (TPSA) is 62.1 Å². The quantitative estimate of drug-likeness (QED) is 0.675. The van der Waals surface area contributed by atoms with Gasteiger partial charge in [0.1, 0.15) is 24.0 Å². The lowest BCUT2D eigenvalue weighted by Crippen LogP contribution is -2.19. The average molecular weight is 327 g/mol. The van der Waals surface area contributed by atoms with Gasteiger partial charge in [-0.2, -0.15) is 5.26 Å². The van der Waals surface area contributed by atoms with Crippen LogP contribution in [0.1, 0.15) is 11.1 Å². The van der Waals surface area contributed by atoms with Gasteiger partial charge >= 0.3 is 0 Å². The van der Waals surface area contributed by atoms with Crippen LogP contribution < -0.4 is 10.1 Å². The minimum Gasteiger partial charge on any atom is -0.489 e. The van der Waals surface area contributed by atoms with Gasteiger partial charge < -0.3 is 10.1 Å². The summed E-state index contributed by atoms with van der Waals surface area (Å²) in [7, 11) is 1.48. The van der Waals surface area contributed by atoms with Crippen molar-refractivity contribution in [2.75, 3.05) is 7.05 Å². The maximum atomic E-state index is 11.5. The van der Waals surface area contributed by atoms with Crippen molar-refractivity contribution in [1.82, 2.24) is 5.32 Å². The summed E-state index contributed by atoms with van der Waals surface area (Å²) in [6, 6.07) is 16.5. The Kier molecular flexibility index (Phi) is 5.79. The summed E-state index contributed by atoms with van der Waals surface area (Å²) < 4.78 is 5.72. The van der Waals surface area contributed by atoms with E-state index in [9.17, 15) is 4.79 Å². The number of likely N-dealkylation sites (N-methyl/N-ethyl adjacent to an activating group) is 1. The molecule has 2 aromatic rings. The number of carbonyl (C=O) groups excluding carboxylic acids is 1. The van der Waals surface area contributed by atoms with Gasteiger partial charge in [-0.15, -0.1) is 0 Å². The van der Waals surface area contributed by atoms with Crippen LogP contribution in [-0.4, -0.2) is 13.0 Å². The molecule has 0 aliphatic rings. The number of nitriles is 1. The Labute approximate surface area is 140 Å². The number of halogens is 1. The van der Waals surface area contributed by atoms with Gasteiger partial charge in [0.2, 0.25) is 0 Å². The molecule has 0 fully saturated rings. The summed E-state index contributed by atoms with van der Waals surface area (Å²) in [6.07, 6.45) is 1.52. The Balaban J connectivity index is 2.14. The molecule has 0 heterocycles. The number of rotatable bonds is 5. The Bertz CT molecular complexity index is 779. The maximum absolute atomic E-state index is 11.5. The zero-order chi connectivity index (χ0) is 16.7. The van der Waals surface area contributed by atoms with Crippen molar-refractivity contribution < 1.29 is 9.53 Å². The van der Waals surface area contributed by atoms with Crippen molar-refractivity contribution >= 4 is 23.6 Å². The van der Waals surface area contributed by atoms with E-state index in [1.807, 2.05) is 30.3 Å². The number of hydrogen-bond acceptors (Lipinski definition) is 3. The Hall–Kier alpha value is -2.77. The molecule has 4 nitrogen and oxygen atoms in total. The molecular formula is C18H15ClN2O2. The summed E-state index contributed by atoms with van der Waals surface area (Å²) in [4.78, 5) is 11.5. The third-order valence-corrected chi connectivity index (χ3v) is 3.48. The third kappa shape index (κ3) is 4.60. The maximum Gasteiger partial charge on any atom is 0.261 e. The van der Waals surface area contributed by atoms with E-state index >= 15 is 0 Å². The number of nitrogens with one attached hydrogen (secondary N) is 1. The number of amides is 1.